The van der Waals surface area contributed by atoms with Crippen LogP contribution in [0.3, 0.4) is 0 Å². The molecule has 36 heavy (non-hydrogen) atoms. The monoisotopic (exact) mass is 487 g/mol. The van der Waals surface area contributed by atoms with Gasteiger partial charge in [-0.05, 0) is 53.6 Å². The van der Waals surface area contributed by atoms with Crippen molar-refractivity contribution in [2.45, 2.75) is 6.54 Å². The normalized spacial score (nSPS) is 10.6. The zero-order valence-corrected chi connectivity index (χ0v) is 21.0. The maximum Gasteiger partial charge on any atom is 0.253 e. The van der Waals surface area contributed by atoms with E-state index in [4.69, 9.17) is 18.9 Å². The standard InChI is InChI=1S/C28H29N3O5/c1-31(17-18-13-25(34-3)27(36-5)26(14-18)35-4)28(32)20-11-9-19(10-12-20)23-16-24(30-29-23)21-7-6-8-22(15-21)33-2/h6-16H,17H2,1-5H3,(H,29,30). The number of aromatic nitrogens is 2. The van der Waals surface area contributed by atoms with E-state index in [-0.39, 0.29) is 5.91 Å². The van der Waals surface area contributed by atoms with E-state index in [0.29, 0.717) is 29.4 Å². The molecule has 0 radical (unpaired) electrons. The Kier molecular flexibility index (Phi) is 7.44. The number of carbonyl (C=O) groups is 1. The van der Waals surface area contributed by atoms with Gasteiger partial charge in [0.1, 0.15) is 5.75 Å². The van der Waals surface area contributed by atoms with Crippen molar-refractivity contribution in [3.8, 4) is 45.5 Å². The fourth-order valence-electron chi connectivity index (χ4n) is 3.98. The Balaban J connectivity index is 1.48. The average Bonchev–Trinajstić information content (AvgIpc) is 3.42. The van der Waals surface area contributed by atoms with Gasteiger partial charge < -0.3 is 23.8 Å². The van der Waals surface area contributed by atoms with Gasteiger partial charge in [-0.25, -0.2) is 0 Å². The van der Waals surface area contributed by atoms with Gasteiger partial charge in [-0.3, -0.25) is 9.89 Å². The van der Waals surface area contributed by atoms with E-state index in [2.05, 4.69) is 10.2 Å². The molecule has 0 bridgehead atoms. The van der Waals surface area contributed by atoms with E-state index in [0.717, 1.165) is 33.8 Å². The zero-order chi connectivity index (χ0) is 25.7. The number of hydrogen-bond acceptors (Lipinski definition) is 6. The lowest BCUT2D eigenvalue weighted by molar-refractivity contribution is 0.0785. The summed E-state index contributed by atoms with van der Waals surface area (Å²) in [5, 5.41) is 7.50. The number of amides is 1. The van der Waals surface area contributed by atoms with Crippen LogP contribution in [0.5, 0.6) is 23.0 Å². The minimum Gasteiger partial charge on any atom is -0.497 e. The summed E-state index contributed by atoms with van der Waals surface area (Å²) in [4.78, 5) is 14.7. The van der Waals surface area contributed by atoms with Crippen molar-refractivity contribution in [1.29, 1.82) is 0 Å². The van der Waals surface area contributed by atoms with Crippen LogP contribution in [0.1, 0.15) is 15.9 Å². The molecule has 4 rings (SSSR count). The highest BCUT2D eigenvalue weighted by Crippen LogP contribution is 2.38. The number of nitrogens with one attached hydrogen (secondary N) is 1. The molecule has 8 heteroatoms. The summed E-state index contributed by atoms with van der Waals surface area (Å²) in [6.45, 7) is 0.377. The molecule has 0 aliphatic heterocycles. The fourth-order valence-corrected chi connectivity index (χ4v) is 3.98. The molecule has 1 amide bonds. The molecule has 186 valence electrons. The Labute approximate surface area is 210 Å². The van der Waals surface area contributed by atoms with Crippen molar-refractivity contribution in [3.63, 3.8) is 0 Å². The second-order valence-electron chi connectivity index (χ2n) is 8.17. The van der Waals surface area contributed by atoms with Crippen LogP contribution < -0.4 is 18.9 Å². The van der Waals surface area contributed by atoms with Gasteiger partial charge in [-0.2, -0.15) is 5.10 Å². The number of H-pyrrole nitrogens is 1. The van der Waals surface area contributed by atoms with Crippen molar-refractivity contribution in [2.24, 2.45) is 0 Å². The van der Waals surface area contributed by atoms with E-state index in [1.807, 2.05) is 66.7 Å². The van der Waals surface area contributed by atoms with Gasteiger partial charge in [0.2, 0.25) is 5.75 Å². The third-order valence-corrected chi connectivity index (χ3v) is 5.88. The predicted molar refractivity (Wildman–Crippen MR) is 138 cm³/mol. The summed E-state index contributed by atoms with van der Waals surface area (Å²) in [7, 11) is 8.09. The number of hydrogen-bond donors (Lipinski definition) is 1. The maximum atomic E-state index is 13.1. The van der Waals surface area contributed by atoms with Crippen LogP contribution in [0.15, 0.2) is 66.7 Å². The molecule has 0 saturated carbocycles. The largest absolute Gasteiger partial charge is 0.497 e. The van der Waals surface area contributed by atoms with E-state index < -0.39 is 0 Å². The van der Waals surface area contributed by atoms with E-state index >= 15 is 0 Å². The molecule has 3 aromatic carbocycles. The van der Waals surface area contributed by atoms with Crippen LogP contribution in [0.2, 0.25) is 0 Å². The van der Waals surface area contributed by atoms with Crippen LogP contribution >= 0.6 is 0 Å². The van der Waals surface area contributed by atoms with E-state index in [1.165, 1.54) is 0 Å². The predicted octanol–water partition coefficient (Wildman–Crippen LogP) is 5.05. The molecular weight excluding hydrogens is 458 g/mol. The highest BCUT2D eigenvalue weighted by molar-refractivity contribution is 5.94. The lowest BCUT2D eigenvalue weighted by atomic mass is 10.1. The van der Waals surface area contributed by atoms with Gasteiger partial charge in [0, 0.05) is 24.7 Å². The Bertz CT molecular complexity index is 1320. The first kappa shape index (κ1) is 24.7. The third-order valence-electron chi connectivity index (χ3n) is 5.88. The van der Waals surface area contributed by atoms with Crippen molar-refractivity contribution in [1.82, 2.24) is 15.1 Å². The SMILES string of the molecule is COc1cccc(-c2cc(-c3ccc(C(=O)N(C)Cc4cc(OC)c(OC)c(OC)c4)cc3)[nH]n2)c1. The Hall–Kier alpha value is -4.46. The maximum absolute atomic E-state index is 13.1. The summed E-state index contributed by atoms with van der Waals surface area (Å²) in [5.74, 6) is 2.28. The molecule has 1 aromatic heterocycles. The second-order valence-corrected chi connectivity index (χ2v) is 8.17. The van der Waals surface area contributed by atoms with Gasteiger partial charge in [0.15, 0.2) is 11.5 Å². The number of methoxy groups -OCH3 is 4. The summed E-state index contributed by atoms with van der Waals surface area (Å²) in [6.07, 6.45) is 0. The molecule has 0 saturated heterocycles. The van der Waals surface area contributed by atoms with Gasteiger partial charge >= 0.3 is 0 Å². The summed E-state index contributed by atoms with van der Waals surface area (Å²) in [5.41, 5.74) is 5.00. The van der Waals surface area contributed by atoms with Gasteiger partial charge in [-0.1, -0.05) is 24.3 Å². The first-order valence-electron chi connectivity index (χ1n) is 11.3. The highest BCUT2D eigenvalue weighted by Gasteiger charge is 2.17. The molecule has 0 unspecified atom stereocenters. The third kappa shape index (κ3) is 5.12. The first-order chi connectivity index (χ1) is 17.5. The summed E-state index contributed by atoms with van der Waals surface area (Å²) >= 11 is 0. The van der Waals surface area contributed by atoms with E-state index in [9.17, 15) is 4.79 Å². The van der Waals surface area contributed by atoms with Crippen molar-refractivity contribution in [3.05, 3.63) is 77.9 Å². The van der Waals surface area contributed by atoms with Crippen molar-refractivity contribution >= 4 is 5.91 Å². The van der Waals surface area contributed by atoms with Crippen molar-refractivity contribution in [2.75, 3.05) is 35.5 Å². The summed E-state index contributed by atoms with van der Waals surface area (Å²) in [6, 6.07) is 20.8. The fraction of sp³-hybridized carbons (Fsp3) is 0.214. The molecular formula is C28H29N3O5. The van der Waals surface area contributed by atoms with Gasteiger partial charge in [0.25, 0.3) is 5.91 Å². The molecule has 1 N–H and O–H groups in total. The first-order valence-corrected chi connectivity index (χ1v) is 11.3. The Morgan fingerprint density at radius 3 is 2.14 bits per heavy atom. The van der Waals surface area contributed by atoms with Crippen LogP contribution in [0, 0.1) is 0 Å². The smallest absolute Gasteiger partial charge is 0.253 e. The minimum absolute atomic E-state index is 0.100. The number of rotatable bonds is 9. The topological polar surface area (TPSA) is 85.9 Å². The molecule has 0 atom stereocenters. The Morgan fingerprint density at radius 1 is 0.833 bits per heavy atom. The quantitative estimate of drug-likeness (QED) is 0.356. The van der Waals surface area contributed by atoms with Crippen LogP contribution in [0.25, 0.3) is 22.5 Å². The lowest BCUT2D eigenvalue weighted by Crippen LogP contribution is -2.26. The molecule has 0 aliphatic carbocycles. The molecule has 0 aliphatic rings. The van der Waals surface area contributed by atoms with Gasteiger partial charge in [0.05, 0.1) is 39.8 Å². The molecule has 4 aromatic rings. The Morgan fingerprint density at radius 2 is 1.53 bits per heavy atom. The number of carbonyl (C=O) groups excluding carboxylic acids is 1. The molecule has 0 spiro atoms. The molecule has 8 nitrogen and oxygen atoms in total. The molecule has 0 fully saturated rings. The van der Waals surface area contributed by atoms with Gasteiger partial charge in [-0.15, -0.1) is 0 Å². The average molecular weight is 488 g/mol. The molecule has 1 heterocycles. The summed E-state index contributed by atoms with van der Waals surface area (Å²) < 4.78 is 21.5. The van der Waals surface area contributed by atoms with Crippen molar-refractivity contribution < 1.29 is 23.7 Å². The minimum atomic E-state index is -0.100. The van der Waals surface area contributed by atoms with Crippen LogP contribution in [-0.4, -0.2) is 56.5 Å². The number of aromatic amines is 1. The van der Waals surface area contributed by atoms with Crippen LogP contribution in [0.4, 0.5) is 0 Å². The lowest BCUT2D eigenvalue weighted by Gasteiger charge is -2.20. The number of benzene rings is 3. The highest BCUT2D eigenvalue weighted by atomic mass is 16.5. The number of ether oxygens (including phenoxy) is 4. The van der Waals surface area contributed by atoms with E-state index in [1.54, 1.807) is 40.4 Å². The van der Waals surface area contributed by atoms with Crippen LogP contribution in [-0.2, 0) is 6.54 Å². The zero-order valence-electron chi connectivity index (χ0n) is 21.0. The number of nitrogens with zero attached hydrogens (tertiary/aromatic N) is 2. The second kappa shape index (κ2) is 10.9.